The number of carbonyl (C=O) groups excluding carboxylic acids is 2. The number of nitrogens with one attached hydrogen (secondary N) is 1. The fraction of sp³-hybridized carbons (Fsp3) is 0.417. The zero-order chi connectivity index (χ0) is 21.5. The van der Waals surface area contributed by atoms with E-state index < -0.39 is 0 Å². The van der Waals surface area contributed by atoms with Crippen LogP contribution in [0.5, 0.6) is 5.75 Å². The van der Waals surface area contributed by atoms with Crippen molar-refractivity contribution in [2.45, 2.75) is 32.2 Å². The van der Waals surface area contributed by atoms with Crippen molar-refractivity contribution in [1.82, 2.24) is 10.2 Å². The van der Waals surface area contributed by atoms with Crippen molar-refractivity contribution in [3.8, 4) is 5.75 Å². The lowest BCUT2D eigenvalue weighted by atomic mass is 10.0. The first kappa shape index (κ1) is 21.8. The predicted molar refractivity (Wildman–Crippen MR) is 119 cm³/mol. The van der Waals surface area contributed by atoms with Gasteiger partial charge in [-0.2, -0.15) is 0 Å². The number of carbonyl (C=O) groups is 2. The van der Waals surface area contributed by atoms with E-state index in [0.29, 0.717) is 18.7 Å². The minimum Gasteiger partial charge on any atom is -0.484 e. The van der Waals surface area contributed by atoms with E-state index >= 15 is 0 Å². The molecule has 0 saturated carbocycles. The number of ether oxygens (including phenoxy) is 1. The van der Waals surface area contributed by atoms with Gasteiger partial charge in [0.2, 0.25) is 5.91 Å². The van der Waals surface area contributed by atoms with Crippen molar-refractivity contribution >= 4 is 17.5 Å². The number of amides is 2. The highest BCUT2D eigenvalue weighted by atomic mass is 16.5. The van der Waals surface area contributed by atoms with E-state index in [0.717, 1.165) is 25.1 Å². The molecule has 1 fully saturated rings. The van der Waals surface area contributed by atoms with Gasteiger partial charge >= 0.3 is 0 Å². The monoisotopic (exact) mass is 409 g/mol. The highest BCUT2D eigenvalue weighted by Crippen LogP contribution is 2.24. The lowest BCUT2D eigenvalue weighted by Gasteiger charge is -2.25. The van der Waals surface area contributed by atoms with E-state index in [1.54, 1.807) is 17.0 Å². The van der Waals surface area contributed by atoms with Crippen molar-refractivity contribution in [3.63, 3.8) is 0 Å². The van der Waals surface area contributed by atoms with Gasteiger partial charge in [-0.15, -0.1) is 0 Å². The summed E-state index contributed by atoms with van der Waals surface area (Å²) in [4.78, 5) is 28.0. The third-order valence-electron chi connectivity index (χ3n) is 5.48. The third kappa shape index (κ3) is 5.60. The highest BCUT2D eigenvalue weighted by Gasteiger charge is 2.21. The van der Waals surface area contributed by atoms with Gasteiger partial charge in [0.1, 0.15) is 5.75 Å². The number of hydrogen-bond acceptors (Lipinski definition) is 4. The van der Waals surface area contributed by atoms with Gasteiger partial charge in [0, 0.05) is 25.2 Å². The number of rotatable bonds is 9. The molecule has 0 radical (unpaired) electrons. The zero-order valence-corrected chi connectivity index (χ0v) is 18.1. The van der Waals surface area contributed by atoms with E-state index in [9.17, 15) is 9.59 Å². The van der Waals surface area contributed by atoms with Gasteiger partial charge in [-0.1, -0.05) is 31.2 Å². The number of benzene rings is 2. The van der Waals surface area contributed by atoms with Crippen LogP contribution in [-0.4, -0.2) is 50.5 Å². The summed E-state index contributed by atoms with van der Waals surface area (Å²) in [5.74, 6) is 0.605. The van der Waals surface area contributed by atoms with Gasteiger partial charge in [-0.25, -0.2) is 0 Å². The molecule has 1 atom stereocenters. The van der Waals surface area contributed by atoms with Gasteiger partial charge in [0.25, 0.3) is 5.91 Å². The Morgan fingerprint density at radius 3 is 2.40 bits per heavy atom. The van der Waals surface area contributed by atoms with Gasteiger partial charge < -0.3 is 19.9 Å². The minimum atomic E-state index is -0.161. The van der Waals surface area contributed by atoms with Crippen LogP contribution in [0.4, 0.5) is 5.69 Å². The molecule has 0 spiro atoms. The van der Waals surface area contributed by atoms with E-state index in [1.807, 2.05) is 26.2 Å². The summed E-state index contributed by atoms with van der Waals surface area (Å²) in [6.45, 7) is 3.36. The normalized spacial score (nSPS) is 14.8. The molecule has 1 aliphatic heterocycles. The van der Waals surface area contributed by atoms with E-state index in [1.165, 1.54) is 11.1 Å². The summed E-state index contributed by atoms with van der Waals surface area (Å²) in [7, 11) is 4.02. The molecule has 0 aliphatic carbocycles. The Morgan fingerprint density at radius 2 is 1.83 bits per heavy atom. The molecule has 0 unspecified atom stereocenters. The summed E-state index contributed by atoms with van der Waals surface area (Å²) in [5, 5.41) is 2.96. The van der Waals surface area contributed by atoms with Crippen LogP contribution in [0.15, 0.2) is 48.5 Å². The Kier molecular flexibility index (Phi) is 7.46. The number of aryl methyl sites for hydroxylation is 1. The molecule has 6 heteroatoms. The van der Waals surface area contributed by atoms with Crippen LogP contribution in [0.1, 0.15) is 36.9 Å². The number of anilines is 1. The molecule has 160 valence electrons. The second-order valence-electron chi connectivity index (χ2n) is 7.81. The molecular weight excluding hydrogens is 378 g/mol. The number of hydrogen-bond donors (Lipinski definition) is 1. The maximum Gasteiger partial charge on any atom is 0.258 e. The van der Waals surface area contributed by atoms with Gasteiger partial charge in [-0.05, 0) is 62.3 Å². The smallest absolute Gasteiger partial charge is 0.258 e. The average molecular weight is 410 g/mol. The molecule has 0 aromatic heterocycles. The van der Waals surface area contributed by atoms with Gasteiger partial charge in [0.15, 0.2) is 6.61 Å². The second-order valence-corrected chi connectivity index (χ2v) is 7.81. The first-order valence-electron chi connectivity index (χ1n) is 10.5. The summed E-state index contributed by atoms with van der Waals surface area (Å²) in [5.41, 5.74) is 3.34. The van der Waals surface area contributed by atoms with Crippen molar-refractivity contribution < 1.29 is 14.3 Å². The Morgan fingerprint density at radius 1 is 1.13 bits per heavy atom. The topological polar surface area (TPSA) is 61.9 Å². The largest absolute Gasteiger partial charge is 0.484 e. The molecule has 1 N–H and O–H groups in total. The maximum atomic E-state index is 12.3. The first-order chi connectivity index (χ1) is 14.5. The summed E-state index contributed by atoms with van der Waals surface area (Å²) >= 11 is 0. The zero-order valence-electron chi connectivity index (χ0n) is 18.1. The van der Waals surface area contributed by atoms with Crippen LogP contribution in [-0.2, 0) is 16.0 Å². The molecule has 2 amide bonds. The van der Waals surface area contributed by atoms with Gasteiger partial charge in [-0.3, -0.25) is 9.59 Å². The van der Waals surface area contributed by atoms with Crippen LogP contribution in [0.2, 0.25) is 0 Å². The Balaban J connectivity index is 1.49. The quantitative estimate of drug-likeness (QED) is 0.691. The summed E-state index contributed by atoms with van der Waals surface area (Å²) in [6, 6.07) is 15.9. The molecule has 0 bridgehead atoms. The third-order valence-corrected chi connectivity index (χ3v) is 5.48. The van der Waals surface area contributed by atoms with E-state index in [4.69, 9.17) is 4.74 Å². The lowest BCUT2D eigenvalue weighted by molar-refractivity contribution is -0.123. The summed E-state index contributed by atoms with van der Waals surface area (Å²) < 4.78 is 5.61. The van der Waals surface area contributed by atoms with Crippen molar-refractivity contribution in [1.29, 1.82) is 0 Å². The van der Waals surface area contributed by atoms with E-state index in [2.05, 4.69) is 41.4 Å². The molecule has 1 saturated heterocycles. The maximum absolute atomic E-state index is 12.3. The van der Waals surface area contributed by atoms with Crippen molar-refractivity contribution in [2.24, 2.45) is 0 Å². The van der Waals surface area contributed by atoms with Crippen LogP contribution in [0.25, 0.3) is 0 Å². The Bertz CT molecular complexity index is 847. The highest BCUT2D eigenvalue weighted by molar-refractivity contribution is 5.95. The Hall–Kier alpha value is -2.86. The van der Waals surface area contributed by atoms with Crippen LogP contribution in [0, 0.1) is 0 Å². The average Bonchev–Trinajstić information content (AvgIpc) is 3.19. The molecular formula is C24H31N3O3. The molecule has 30 heavy (non-hydrogen) atoms. The number of likely N-dealkylation sites (N-methyl/N-ethyl adjacent to an activating group) is 1. The second kappa shape index (κ2) is 10.3. The molecule has 1 heterocycles. The number of nitrogens with zero attached hydrogens (tertiary/aromatic N) is 2. The molecule has 3 rings (SSSR count). The SMILES string of the molecule is CCc1ccc([C@@H](CNC(=O)COc2ccc(N3CCCC3=O)cc2)N(C)C)cc1. The van der Waals surface area contributed by atoms with Crippen LogP contribution >= 0.6 is 0 Å². The van der Waals surface area contributed by atoms with Crippen molar-refractivity contribution in [3.05, 3.63) is 59.7 Å². The molecule has 6 nitrogen and oxygen atoms in total. The lowest BCUT2D eigenvalue weighted by Crippen LogP contribution is -2.36. The van der Waals surface area contributed by atoms with Crippen molar-refractivity contribution in [2.75, 3.05) is 38.7 Å². The molecule has 1 aliphatic rings. The standard InChI is InChI=1S/C24H31N3O3/c1-4-18-7-9-19(10-8-18)22(26(2)3)16-25-23(28)17-30-21-13-11-20(12-14-21)27-15-5-6-24(27)29/h7-14,22H,4-6,15-17H2,1-3H3,(H,25,28)/t22-/m1/s1. The van der Waals surface area contributed by atoms with Crippen LogP contribution < -0.4 is 15.0 Å². The van der Waals surface area contributed by atoms with Crippen LogP contribution in [0.3, 0.4) is 0 Å². The fourth-order valence-electron chi connectivity index (χ4n) is 3.63. The minimum absolute atomic E-state index is 0.0447. The molecule has 2 aromatic carbocycles. The fourth-order valence-corrected chi connectivity index (χ4v) is 3.63. The first-order valence-corrected chi connectivity index (χ1v) is 10.5. The van der Waals surface area contributed by atoms with Gasteiger partial charge in [0.05, 0.1) is 6.04 Å². The molecule has 2 aromatic rings. The summed E-state index contributed by atoms with van der Waals surface area (Å²) in [6.07, 6.45) is 2.51. The predicted octanol–water partition coefficient (Wildman–Crippen LogP) is 3.17. The Labute approximate surface area is 178 Å². The van der Waals surface area contributed by atoms with E-state index in [-0.39, 0.29) is 24.5 Å².